The minimum absolute atomic E-state index is 0.0599. The van der Waals surface area contributed by atoms with Crippen LogP contribution in [0.4, 0.5) is 0 Å². The van der Waals surface area contributed by atoms with E-state index in [4.69, 9.17) is 9.63 Å². The quantitative estimate of drug-likeness (QED) is 0.622. The van der Waals surface area contributed by atoms with Crippen LogP contribution in [0.1, 0.15) is 5.69 Å². The van der Waals surface area contributed by atoms with Crippen molar-refractivity contribution in [1.82, 2.24) is 25.5 Å². The van der Waals surface area contributed by atoms with Crippen LogP contribution in [0.25, 0.3) is 11.1 Å². The second kappa shape index (κ2) is 5.02. The summed E-state index contributed by atoms with van der Waals surface area (Å²) >= 11 is 0. The van der Waals surface area contributed by atoms with Gasteiger partial charge in [0.25, 0.3) is 11.3 Å². The third-order valence-electron chi connectivity index (χ3n) is 2.33. The van der Waals surface area contributed by atoms with E-state index in [1.807, 2.05) is 0 Å². The molecule has 2 rings (SSSR count). The van der Waals surface area contributed by atoms with Crippen molar-refractivity contribution >= 4 is 11.1 Å². The minimum atomic E-state index is -0.264. The van der Waals surface area contributed by atoms with Crippen molar-refractivity contribution < 1.29 is 9.63 Å². The minimum Gasteiger partial charge on any atom is -0.395 e. The van der Waals surface area contributed by atoms with Crippen LogP contribution in [-0.4, -0.2) is 45.0 Å². The average molecular weight is 239 g/mol. The van der Waals surface area contributed by atoms with Gasteiger partial charge in [-0.1, -0.05) is 15.5 Å². The van der Waals surface area contributed by atoms with Gasteiger partial charge >= 0.3 is 0 Å². The molecular weight excluding hydrogens is 226 g/mol. The first-order valence-electron chi connectivity index (χ1n) is 5.25. The number of hydrogen-bond donors (Lipinski definition) is 2. The number of aliphatic hydroxyl groups is 1. The Morgan fingerprint density at radius 2 is 2.29 bits per heavy atom. The van der Waals surface area contributed by atoms with Crippen molar-refractivity contribution in [2.24, 2.45) is 0 Å². The van der Waals surface area contributed by atoms with Crippen LogP contribution in [0.2, 0.25) is 0 Å². The van der Waals surface area contributed by atoms with Crippen LogP contribution in [-0.2, 0) is 6.54 Å². The lowest BCUT2D eigenvalue weighted by Gasteiger charge is -2.03. The van der Waals surface area contributed by atoms with Crippen molar-refractivity contribution in [3.63, 3.8) is 0 Å². The Morgan fingerprint density at radius 3 is 3.06 bits per heavy atom. The number of aliphatic hydroxyl groups excluding tert-OH is 1. The summed E-state index contributed by atoms with van der Waals surface area (Å²) in [6.07, 6.45) is 0. The van der Waals surface area contributed by atoms with Gasteiger partial charge in [-0.05, 0) is 6.92 Å². The molecule has 0 aromatic carbocycles. The summed E-state index contributed by atoms with van der Waals surface area (Å²) in [5.41, 5.74) is 0.406. The molecule has 0 unspecified atom stereocenters. The van der Waals surface area contributed by atoms with E-state index in [0.29, 0.717) is 30.7 Å². The number of aryl methyl sites for hydroxylation is 1. The fourth-order valence-electron chi connectivity index (χ4n) is 1.47. The van der Waals surface area contributed by atoms with Gasteiger partial charge in [0.1, 0.15) is 5.39 Å². The van der Waals surface area contributed by atoms with Crippen molar-refractivity contribution in [2.45, 2.75) is 13.5 Å². The summed E-state index contributed by atoms with van der Waals surface area (Å²) in [4.78, 5) is 12.0. The summed E-state index contributed by atoms with van der Waals surface area (Å²) in [6.45, 7) is 3.14. The molecule has 0 aliphatic carbocycles. The van der Waals surface area contributed by atoms with E-state index in [-0.39, 0.29) is 17.9 Å². The Balaban J connectivity index is 2.21. The summed E-state index contributed by atoms with van der Waals surface area (Å²) in [5.74, 6) is 0. The molecule has 0 aliphatic rings. The number of nitrogens with zero attached hydrogens (tertiary/aromatic N) is 4. The van der Waals surface area contributed by atoms with Gasteiger partial charge in [-0.3, -0.25) is 4.79 Å². The van der Waals surface area contributed by atoms with Gasteiger partial charge in [-0.2, -0.15) is 0 Å². The first-order chi connectivity index (χ1) is 8.24. The Kier molecular flexibility index (Phi) is 3.45. The van der Waals surface area contributed by atoms with E-state index in [0.717, 1.165) is 0 Å². The summed E-state index contributed by atoms with van der Waals surface area (Å²) < 4.78 is 6.09. The molecule has 0 saturated heterocycles. The first-order valence-corrected chi connectivity index (χ1v) is 5.25. The van der Waals surface area contributed by atoms with E-state index in [2.05, 4.69) is 20.8 Å². The molecule has 2 aromatic heterocycles. The Morgan fingerprint density at radius 1 is 1.47 bits per heavy atom. The number of aromatic nitrogens is 4. The van der Waals surface area contributed by atoms with Crippen LogP contribution in [0.3, 0.4) is 0 Å². The van der Waals surface area contributed by atoms with Gasteiger partial charge in [0, 0.05) is 13.1 Å². The lowest BCUT2D eigenvalue weighted by molar-refractivity contribution is 0.290. The first kappa shape index (κ1) is 11.7. The van der Waals surface area contributed by atoms with Gasteiger partial charge in [-0.25, -0.2) is 4.68 Å². The van der Waals surface area contributed by atoms with Crippen LogP contribution in [0.5, 0.6) is 0 Å². The SMILES string of the molecule is Cc1noc2nnn(CCNCCO)c(=O)c12. The number of nitrogens with one attached hydrogen (secondary N) is 1. The molecule has 0 spiro atoms. The van der Waals surface area contributed by atoms with E-state index in [1.165, 1.54) is 4.68 Å². The molecule has 0 bridgehead atoms. The Hall–Kier alpha value is -1.80. The maximum absolute atomic E-state index is 12.0. The zero-order chi connectivity index (χ0) is 12.3. The molecule has 0 radical (unpaired) electrons. The van der Waals surface area contributed by atoms with Gasteiger partial charge in [0.2, 0.25) is 0 Å². The maximum atomic E-state index is 12.0. The molecule has 8 nitrogen and oxygen atoms in total. The molecule has 0 aliphatic heterocycles. The maximum Gasteiger partial charge on any atom is 0.284 e. The van der Waals surface area contributed by atoms with Crippen LogP contribution < -0.4 is 10.9 Å². The van der Waals surface area contributed by atoms with Crippen molar-refractivity contribution in [3.8, 4) is 0 Å². The molecular formula is C9H13N5O3. The fraction of sp³-hybridized carbons (Fsp3) is 0.556. The van der Waals surface area contributed by atoms with Crippen molar-refractivity contribution in [2.75, 3.05) is 19.7 Å². The van der Waals surface area contributed by atoms with Crippen molar-refractivity contribution in [1.29, 1.82) is 0 Å². The molecule has 92 valence electrons. The van der Waals surface area contributed by atoms with E-state index in [1.54, 1.807) is 6.92 Å². The number of hydrogen-bond acceptors (Lipinski definition) is 7. The van der Waals surface area contributed by atoms with Gasteiger partial charge < -0.3 is 14.9 Å². The average Bonchev–Trinajstić information content (AvgIpc) is 2.70. The lowest BCUT2D eigenvalue weighted by Crippen LogP contribution is -2.30. The third kappa shape index (κ3) is 2.32. The van der Waals surface area contributed by atoms with E-state index < -0.39 is 0 Å². The van der Waals surface area contributed by atoms with Gasteiger partial charge in [-0.15, -0.1) is 0 Å². The molecule has 2 aromatic rings. The number of fused-ring (bicyclic) bond motifs is 1. The third-order valence-corrected chi connectivity index (χ3v) is 2.33. The molecule has 2 heterocycles. The monoisotopic (exact) mass is 239 g/mol. The summed E-state index contributed by atoms with van der Waals surface area (Å²) in [7, 11) is 0. The largest absolute Gasteiger partial charge is 0.395 e. The number of rotatable bonds is 5. The Labute approximate surface area is 96.2 Å². The molecule has 0 fully saturated rings. The van der Waals surface area contributed by atoms with E-state index in [9.17, 15) is 4.79 Å². The standard InChI is InChI=1S/C9H13N5O3/c1-6-7-8(17-12-6)11-13-14(9(7)16)4-2-10-3-5-15/h10,15H,2-5H2,1H3. The Bertz CT molecular complexity index is 561. The molecule has 2 N–H and O–H groups in total. The molecule has 0 amide bonds. The zero-order valence-electron chi connectivity index (χ0n) is 9.38. The van der Waals surface area contributed by atoms with Crippen molar-refractivity contribution in [3.05, 3.63) is 16.0 Å². The highest BCUT2D eigenvalue weighted by atomic mass is 16.5. The predicted molar refractivity (Wildman–Crippen MR) is 58.6 cm³/mol. The lowest BCUT2D eigenvalue weighted by atomic mass is 10.3. The molecule has 0 saturated carbocycles. The van der Waals surface area contributed by atoms with E-state index >= 15 is 0 Å². The molecule has 0 atom stereocenters. The van der Waals surface area contributed by atoms with Crippen LogP contribution >= 0.6 is 0 Å². The topological polar surface area (TPSA) is 106 Å². The predicted octanol–water partition coefficient (Wildman–Crippen LogP) is -1.33. The van der Waals surface area contributed by atoms with Gasteiger partial charge in [0.05, 0.1) is 18.8 Å². The highest BCUT2D eigenvalue weighted by Crippen LogP contribution is 2.08. The highest BCUT2D eigenvalue weighted by molar-refractivity contribution is 5.73. The molecule has 17 heavy (non-hydrogen) atoms. The van der Waals surface area contributed by atoms with Gasteiger partial charge in [0.15, 0.2) is 0 Å². The normalized spacial score (nSPS) is 11.2. The summed E-state index contributed by atoms with van der Waals surface area (Å²) in [6, 6.07) is 0. The zero-order valence-corrected chi connectivity index (χ0v) is 9.38. The van der Waals surface area contributed by atoms with Crippen LogP contribution in [0, 0.1) is 6.92 Å². The second-order valence-corrected chi connectivity index (χ2v) is 3.54. The summed E-state index contributed by atoms with van der Waals surface area (Å²) in [5, 5.41) is 23.1. The molecule has 8 heteroatoms. The smallest absolute Gasteiger partial charge is 0.284 e. The van der Waals surface area contributed by atoms with Crippen LogP contribution in [0.15, 0.2) is 9.32 Å². The highest BCUT2D eigenvalue weighted by Gasteiger charge is 2.12. The second-order valence-electron chi connectivity index (χ2n) is 3.54. The fourth-order valence-corrected chi connectivity index (χ4v) is 1.47.